The van der Waals surface area contributed by atoms with E-state index in [0.29, 0.717) is 6.54 Å². The molecule has 0 aliphatic carbocycles. The van der Waals surface area contributed by atoms with Gasteiger partial charge in [-0.25, -0.2) is 4.99 Å². The second kappa shape index (κ2) is 13.6. The Bertz CT molecular complexity index is 790. The van der Waals surface area contributed by atoms with Gasteiger partial charge < -0.3 is 15.4 Å². The standard InChI is InChI=1S/C24H34N4O.HI/c1-3-25-24(26-12-11-21-8-6-7-20(2)17-21)27-18-22-9-4-5-10-23(22)19-28-13-15-29-16-14-28;/h4-10,17H,3,11-16,18-19H2,1-2H3,(H2,25,26,27);1H. The Kier molecular flexibility index (Phi) is 11.2. The number of morpholine rings is 1. The lowest BCUT2D eigenvalue weighted by Crippen LogP contribution is -2.38. The second-order valence-corrected chi connectivity index (χ2v) is 7.52. The molecule has 0 bridgehead atoms. The second-order valence-electron chi connectivity index (χ2n) is 7.52. The van der Waals surface area contributed by atoms with Crippen molar-refractivity contribution in [2.45, 2.75) is 33.4 Å². The van der Waals surface area contributed by atoms with Crippen molar-refractivity contribution in [3.63, 3.8) is 0 Å². The van der Waals surface area contributed by atoms with Crippen LogP contribution in [0.1, 0.15) is 29.2 Å². The fourth-order valence-electron chi connectivity index (χ4n) is 3.57. The van der Waals surface area contributed by atoms with E-state index in [2.05, 4.69) is 77.9 Å². The first kappa shape index (κ1) is 24.6. The molecule has 0 aromatic heterocycles. The molecule has 5 nitrogen and oxygen atoms in total. The van der Waals surface area contributed by atoms with E-state index in [1.807, 2.05) is 0 Å². The summed E-state index contributed by atoms with van der Waals surface area (Å²) in [5.41, 5.74) is 5.30. The van der Waals surface area contributed by atoms with Gasteiger partial charge in [-0.15, -0.1) is 24.0 Å². The maximum Gasteiger partial charge on any atom is 0.191 e. The lowest BCUT2D eigenvalue weighted by Gasteiger charge is -2.27. The molecule has 2 aromatic carbocycles. The molecule has 164 valence electrons. The van der Waals surface area contributed by atoms with E-state index in [0.717, 1.165) is 58.3 Å². The number of nitrogens with one attached hydrogen (secondary N) is 2. The number of aryl methyl sites for hydroxylation is 1. The summed E-state index contributed by atoms with van der Waals surface area (Å²) in [6.45, 7) is 11.3. The summed E-state index contributed by atoms with van der Waals surface area (Å²) >= 11 is 0. The van der Waals surface area contributed by atoms with E-state index in [9.17, 15) is 0 Å². The van der Waals surface area contributed by atoms with Gasteiger partial charge in [-0.2, -0.15) is 0 Å². The van der Waals surface area contributed by atoms with Gasteiger partial charge in [0.1, 0.15) is 0 Å². The van der Waals surface area contributed by atoms with Gasteiger partial charge in [-0.3, -0.25) is 4.90 Å². The molecule has 1 aliphatic heterocycles. The highest BCUT2D eigenvalue weighted by Gasteiger charge is 2.12. The van der Waals surface area contributed by atoms with Crippen LogP contribution in [0, 0.1) is 6.92 Å². The highest BCUT2D eigenvalue weighted by Crippen LogP contribution is 2.14. The highest BCUT2D eigenvalue weighted by molar-refractivity contribution is 14.0. The quantitative estimate of drug-likeness (QED) is 0.315. The van der Waals surface area contributed by atoms with Gasteiger partial charge >= 0.3 is 0 Å². The van der Waals surface area contributed by atoms with Crippen LogP contribution in [0.4, 0.5) is 0 Å². The number of halogens is 1. The normalized spacial score (nSPS) is 14.8. The summed E-state index contributed by atoms with van der Waals surface area (Å²) in [4.78, 5) is 7.29. The van der Waals surface area contributed by atoms with Gasteiger partial charge in [0.25, 0.3) is 0 Å². The molecular weight excluding hydrogens is 487 g/mol. The molecule has 1 fully saturated rings. The minimum atomic E-state index is 0. The van der Waals surface area contributed by atoms with Crippen LogP contribution in [0.2, 0.25) is 0 Å². The van der Waals surface area contributed by atoms with Crippen molar-refractivity contribution in [1.82, 2.24) is 15.5 Å². The van der Waals surface area contributed by atoms with Crippen LogP contribution in [0.3, 0.4) is 0 Å². The molecule has 0 atom stereocenters. The fourth-order valence-corrected chi connectivity index (χ4v) is 3.57. The van der Waals surface area contributed by atoms with Crippen molar-refractivity contribution >= 4 is 29.9 Å². The third-order valence-corrected chi connectivity index (χ3v) is 5.16. The molecule has 2 N–H and O–H groups in total. The summed E-state index contributed by atoms with van der Waals surface area (Å²) < 4.78 is 5.47. The maximum absolute atomic E-state index is 5.47. The summed E-state index contributed by atoms with van der Waals surface area (Å²) in [6, 6.07) is 17.3. The Labute approximate surface area is 198 Å². The van der Waals surface area contributed by atoms with Crippen molar-refractivity contribution in [2.75, 3.05) is 39.4 Å². The van der Waals surface area contributed by atoms with Gasteiger partial charge in [0.15, 0.2) is 5.96 Å². The van der Waals surface area contributed by atoms with Crippen LogP contribution < -0.4 is 10.6 Å². The Morgan fingerprint density at radius 3 is 2.53 bits per heavy atom. The van der Waals surface area contributed by atoms with Crippen molar-refractivity contribution in [3.05, 3.63) is 70.8 Å². The average Bonchev–Trinajstić information content (AvgIpc) is 2.74. The van der Waals surface area contributed by atoms with E-state index in [1.54, 1.807) is 0 Å². The van der Waals surface area contributed by atoms with Crippen molar-refractivity contribution in [2.24, 2.45) is 4.99 Å². The SMILES string of the molecule is CCNC(=NCc1ccccc1CN1CCOCC1)NCCc1cccc(C)c1.I. The van der Waals surface area contributed by atoms with Crippen molar-refractivity contribution in [1.29, 1.82) is 0 Å². The molecular formula is C24H35IN4O. The van der Waals surface area contributed by atoms with Crippen LogP contribution in [-0.4, -0.2) is 50.3 Å². The minimum absolute atomic E-state index is 0. The predicted molar refractivity (Wildman–Crippen MR) is 136 cm³/mol. The van der Waals surface area contributed by atoms with Gasteiger partial charge in [0, 0.05) is 32.7 Å². The molecule has 0 amide bonds. The number of benzene rings is 2. The minimum Gasteiger partial charge on any atom is -0.379 e. The largest absolute Gasteiger partial charge is 0.379 e. The zero-order chi connectivity index (χ0) is 20.3. The fraction of sp³-hybridized carbons (Fsp3) is 0.458. The Morgan fingerprint density at radius 1 is 1.03 bits per heavy atom. The van der Waals surface area contributed by atoms with Crippen molar-refractivity contribution in [3.8, 4) is 0 Å². The van der Waals surface area contributed by atoms with E-state index >= 15 is 0 Å². The number of rotatable bonds is 8. The van der Waals surface area contributed by atoms with Gasteiger partial charge in [-0.1, -0.05) is 54.1 Å². The van der Waals surface area contributed by atoms with Crippen LogP contribution in [0.25, 0.3) is 0 Å². The summed E-state index contributed by atoms with van der Waals surface area (Å²) in [5, 5.41) is 6.83. The molecule has 30 heavy (non-hydrogen) atoms. The van der Waals surface area contributed by atoms with Crippen LogP contribution in [0.15, 0.2) is 53.5 Å². The van der Waals surface area contributed by atoms with Gasteiger partial charge in [0.05, 0.1) is 19.8 Å². The molecule has 0 spiro atoms. The summed E-state index contributed by atoms with van der Waals surface area (Å²) in [7, 11) is 0. The smallest absolute Gasteiger partial charge is 0.191 e. The molecule has 6 heteroatoms. The predicted octanol–water partition coefficient (Wildman–Crippen LogP) is 3.74. The molecule has 2 aromatic rings. The Morgan fingerprint density at radius 2 is 1.80 bits per heavy atom. The van der Waals surface area contributed by atoms with Gasteiger partial charge in [-0.05, 0) is 37.0 Å². The summed E-state index contributed by atoms with van der Waals surface area (Å²) in [5.74, 6) is 0.876. The third kappa shape index (κ3) is 8.24. The third-order valence-electron chi connectivity index (χ3n) is 5.16. The number of hydrogen-bond acceptors (Lipinski definition) is 3. The molecule has 3 rings (SSSR count). The first-order valence-electron chi connectivity index (χ1n) is 10.7. The Balaban J connectivity index is 0.00000320. The van der Waals surface area contributed by atoms with E-state index in [-0.39, 0.29) is 24.0 Å². The van der Waals surface area contributed by atoms with E-state index in [4.69, 9.17) is 9.73 Å². The van der Waals surface area contributed by atoms with Crippen molar-refractivity contribution < 1.29 is 4.74 Å². The molecule has 1 heterocycles. The zero-order valence-electron chi connectivity index (χ0n) is 18.2. The molecule has 0 unspecified atom stereocenters. The first-order chi connectivity index (χ1) is 14.2. The number of aliphatic imine (C=N–C) groups is 1. The molecule has 1 aliphatic rings. The highest BCUT2D eigenvalue weighted by atomic mass is 127. The molecule has 0 saturated carbocycles. The monoisotopic (exact) mass is 522 g/mol. The van der Waals surface area contributed by atoms with Gasteiger partial charge in [0.2, 0.25) is 0 Å². The Hall–Kier alpha value is -1.64. The van der Waals surface area contributed by atoms with Crippen LogP contribution in [0.5, 0.6) is 0 Å². The van der Waals surface area contributed by atoms with E-state index in [1.165, 1.54) is 22.3 Å². The number of nitrogens with zero attached hydrogens (tertiary/aromatic N) is 2. The van der Waals surface area contributed by atoms with Crippen LogP contribution >= 0.6 is 24.0 Å². The molecule has 1 saturated heterocycles. The number of ether oxygens (including phenoxy) is 1. The lowest BCUT2D eigenvalue weighted by molar-refractivity contribution is 0.0341. The maximum atomic E-state index is 5.47. The van der Waals surface area contributed by atoms with E-state index < -0.39 is 0 Å². The summed E-state index contributed by atoms with van der Waals surface area (Å²) in [6.07, 6.45) is 0.986. The average molecular weight is 522 g/mol. The zero-order valence-corrected chi connectivity index (χ0v) is 20.5. The number of hydrogen-bond donors (Lipinski definition) is 2. The molecule has 0 radical (unpaired) electrons. The topological polar surface area (TPSA) is 48.9 Å². The lowest BCUT2D eigenvalue weighted by atomic mass is 10.1. The van der Waals surface area contributed by atoms with Crippen LogP contribution in [-0.2, 0) is 24.2 Å². The number of guanidine groups is 1. The first-order valence-corrected chi connectivity index (χ1v) is 10.7.